The van der Waals surface area contributed by atoms with E-state index in [2.05, 4.69) is 20.4 Å². The number of rotatable bonds is 4. The molecule has 1 amide bonds. The Bertz CT molecular complexity index is 936. The van der Waals surface area contributed by atoms with Gasteiger partial charge in [-0.15, -0.1) is 10.2 Å². The Morgan fingerprint density at radius 1 is 1.04 bits per heavy atom. The van der Waals surface area contributed by atoms with Crippen LogP contribution >= 0.6 is 0 Å². The Balaban J connectivity index is 1.52. The van der Waals surface area contributed by atoms with Gasteiger partial charge in [-0.25, -0.2) is 4.39 Å². The molecule has 0 unspecified atom stereocenters. The van der Waals surface area contributed by atoms with E-state index < -0.39 is 5.91 Å². The number of carbonyl (C=O) groups excluding carboxylic acids is 1. The summed E-state index contributed by atoms with van der Waals surface area (Å²) in [6.07, 6.45) is 0. The number of hydrogen-bond donors (Lipinski definition) is 1. The first-order valence-electron chi connectivity index (χ1n) is 8.53. The molecule has 1 N–H and O–H groups in total. The largest absolute Gasteiger partial charge is 0.412 e. The van der Waals surface area contributed by atoms with E-state index in [-0.39, 0.29) is 17.6 Å². The molecule has 0 radical (unpaired) electrons. The Labute approximate surface area is 154 Å². The van der Waals surface area contributed by atoms with Crippen molar-refractivity contribution in [1.29, 1.82) is 0 Å². The molecule has 0 spiro atoms. The van der Waals surface area contributed by atoms with E-state index in [0.29, 0.717) is 24.5 Å². The zero-order valence-corrected chi connectivity index (χ0v) is 14.4. The van der Waals surface area contributed by atoms with Crippen LogP contribution in [-0.2, 0) is 4.74 Å². The van der Waals surface area contributed by atoms with Gasteiger partial charge in [0, 0.05) is 18.7 Å². The van der Waals surface area contributed by atoms with Crippen molar-refractivity contribution in [3.63, 3.8) is 0 Å². The van der Waals surface area contributed by atoms with Crippen molar-refractivity contribution >= 4 is 17.3 Å². The van der Waals surface area contributed by atoms with E-state index in [9.17, 15) is 9.18 Å². The third-order valence-corrected chi connectivity index (χ3v) is 4.21. The highest BCUT2D eigenvalue weighted by molar-refractivity contribution is 6.03. The molecule has 0 atom stereocenters. The highest BCUT2D eigenvalue weighted by Gasteiger charge is 2.20. The van der Waals surface area contributed by atoms with Gasteiger partial charge in [0.15, 0.2) is 0 Å². The van der Waals surface area contributed by atoms with Crippen molar-refractivity contribution in [2.45, 2.75) is 0 Å². The van der Waals surface area contributed by atoms with Crippen LogP contribution in [-0.4, -0.2) is 42.4 Å². The van der Waals surface area contributed by atoms with Gasteiger partial charge in [0.1, 0.15) is 5.82 Å². The van der Waals surface area contributed by atoms with Crippen molar-refractivity contribution in [2.75, 3.05) is 36.5 Å². The van der Waals surface area contributed by atoms with E-state index >= 15 is 0 Å². The molecular weight excluding hydrogens is 351 g/mol. The molecule has 1 saturated heterocycles. The number of halogens is 1. The number of nitrogens with zero attached hydrogens (tertiary/aromatic N) is 3. The normalized spacial score (nSPS) is 14.2. The van der Waals surface area contributed by atoms with E-state index in [1.165, 1.54) is 24.3 Å². The van der Waals surface area contributed by atoms with Crippen molar-refractivity contribution in [3.8, 4) is 11.5 Å². The fraction of sp³-hybridized carbons (Fsp3) is 0.211. The number of benzene rings is 2. The van der Waals surface area contributed by atoms with Crippen molar-refractivity contribution in [1.82, 2.24) is 10.2 Å². The number of aromatic nitrogens is 2. The lowest BCUT2D eigenvalue weighted by atomic mass is 10.2. The second-order valence-corrected chi connectivity index (χ2v) is 5.99. The lowest BCUT2D eigenvalue weighted by Gasteiger charge is -2.30. The standard InChI is InChI=1S/C19H17FN4O3/c20-14-7-5-13(6-8-14)18-22-23-19(27-18)17(25)21-15-3-1-2-4-16(15)24-9-11-26-12-10-24/h1-8H,9-12H2,(H,21,25). The molecule has 0 bridgehead atoms. The van der Waals surface area contributed by atoms with Crippen molar-refractivity contribution < 1.29 is 18.3 Å². The highest BCUT2D eigenvalue weighted by atomic mass is 19.1. The smallest absolute Gasteiger partial charge is 0.313 e. The first-order valence-corrected chi connectivity index (χ1v) is 8.53. The van der Waals surface area contributed by atoms with Crippen molar-refractivity contribution in [3.05, 3.63) is 60.2 Å². The summed E-state index contributed by atoms with van der Waals surface area (Å²) >= 11 is 0. The number of nitrogens with one attached hydrogen (secondary N) is 1. The molecule has 0 aliphatic carbocycles. The summed E-state index contributed by atoms with van der Waals surface area (Å²) in [7, 11) is 0. The van der Waals surface area contributed by atoms with Crippen LogP contribution in [0.15, 0.2) is 52.9 Å². The molecule has 1 fully saturated rings. The number of ether oxygens (including phenoxy) is 1. The first kappa shape index (κ1) is 17.2. The first-order chi connectivity index (χ1) is 13.2. The molecule has 3 aromatic rings. The van der Waals surface area contributed by atoms with E-state index in [1.807, 2.05) is 24.3 Å². The topological polar surface area (TPSA) is 80.5 Å². The maximum absolute atomic E-state index is 13.0. The van der Waals surface area contributed by atoms with Gasteiger partial charge in [0.2, 0.25) is 5.89 Å². The highest BCUT2D eigenvalue weighted by Crippen LogP contribution is 2.27. The predicted molar refractivity (Wildman–Crippen MR) is 97.1 cm³/mol. The molecule has 2 heterocycles. The van der Waals surface area contributed by atoms with Crippen LogP contribution < -0.4 is 10.2 Å². The Hall–Kier alpha value is -3.26. The van der Waals surface area contributed by atoms with Crippen LogP contribution in [0.2, 0.25) is 0 Å². The van der Waals surface area contributed by atoms with Crippen LogP contribution in [0, 0.1) is 5.82 Å². The third-order valence-electron chi connectivity index (χ3n) is 4.21. The predicted octanol–water partition coefficient (Wildman–Crippen LogP) is 2.96. The molecule has 1 aromatic heterocycles. The minimum atomic E-state index is -0.503. The lowest BCUT2D eigenvalue weighted by Crippen LogP contribution is -2.36. The van der Waals surface area contributed by atoms with Crippen LogP contribution in [0.3, 0.4) is 0 Å². The van der Waals surface area contributed by atoms with Gasteiger partial charge in [-0.2, -0.15) is 0 Å². The maximum atomic E-state index is 13.0. The summed E-state index contributed by atoms with van der Waals surface area (Å²) in [5.41, 5.74) is 2.11. The van der Waals surface area contributed by atoms with Crippen LogP contribution in [0.25, 0.3) is 11.5 Å². The number of anilines is 2. The molecule has 0 saturated carbocycles. The third kappa shape index (κ3) is 3.80. The van der Waals surface area contributed by atoms with Gasteiger partial charge in [-0.3, -0.25) is 4.79 Å². The second kappa shape index (κ2) is 7.55. The van der Waals surface area contributed by atoms with Gasteiger partial charge in [0.05, 0.1) is 24.6 Å². The fourth-order valence-corrected chi connectivity index (χ4v) is 2.86. The summed E-state index contributed by atoms with van der Waals surface area (Å²) in [6.45, 7) is 2.80. The number of morpholine rings is 1. The molecular formula is C19H17FN4O3. The molecule has 4 rings (SSSR count). The van der Waals surface area contributed by atoms with Gasteiger partial charge < -0.3 is 19.4 Å². The fourth-order valence-electron chi connectivity index (χ4n) is 2.86. The van der Waals surface area contributed by atoms with Gasteiger partial charge in [-0.1, -0.05) is 12.1 Å². The Morgan fingerprint density at radius 2 is 1.78 bits per heavy atom. The molecule has 1 aliphatic heterocycles. The summed E-state index contributed by atoms with van der Waals surface area (Å²) in [6, 6.07) is 13.1. The number of amides is 1. The lowest BCUT2D eigenvalue weighted by molar-refractivity contribution is 0.0991. The number of carbonyl (C=O) groups is 1. The molecule has 8 heteroatoms. The monoisotopic (exact) mass is 368 g/mol. The average Bonchev–Trinajstić information content (AvgIpc) is 3.20. The second-order valence-electron chi connectivity index (χ2n) is 5.99. The van der Waals surface area contributed by atoms with Gasteiger partial charge >= 0.3 is 11.8 Å². The molecule has 27 heavy (non-hydrogen) atoms. The van der Waals surface area contributed by atoms with Gasteiger partial charge in [-0.05, 0) is 36.4 Å². The Morgan fingerprint density at radius 3 is 2.56 bits per heavy atom. The van der Waals surface area contributed by atoms with E-state index in [1.54, 1.807) is 0 Å². The number of para-hydroxylation sites is 2. The summed E-state index contributed by atoms with van der Waals surface area (Å²) in [5.74, 6) is -0.875. The summed E-state index contributed by atoms with van der Waals surface area (Å²) < 4.78 is 23.8. The van der Waals surface area contributed by atoms with Gasteiger partial charge in [0.25, 0.3) is 0 Å². The van der Waals surface area contributed by atoms with Crippen LogP contribution in [0.5, 0.6) is 0 Å². The van der Waals surface area contributed by atoms with Crippen molar-refractivity contribution in [2.24, 2.45) is 0 Å². The SMILES string of the molecule is O=C(Nc1ccccc1N1CCOCC1)c1nnc(-c2ccc(F)cc2)o1. The quantitative estimate of drug-likeness (QED) is 0.763. The maximum Gasteiger partial charge on any atom is 0.313 e. The van der Waals surface area contributed by atoms with Crippen LogP contribution in [0.4, 0.5) is 15.8 Å². The summed E-state index contributed by atoms with van der Waals surface area (Å²) in [5, 5.41) is 10.5. The molecule has 2 aromatic carbocycles. The van der Waals surface area contributed by atoms with Crippen LogP contribution in [0.1, 0.15) is 10.7 Å². The molecule has 138 valence electrons. The molecule has 1 aliphatic rings. The minimum Gasteiger partial charge on any atom is -0.412 e. The van der Waals surface area contributed by atoms with E-state index in [4.69, 9.17) is 9.15 Å². The Kier molecular flexibility index (Phi) is 4.80. The minimum absolute atomic E-state index is 0.154. The zero-order chi connectivity index (χ0) is 18.6. The molecule has 7 nitrogen and oxygen atoms in total. The zero-order valence-electron chi connectivity index (χ0n) is 14.4. The summed E-state index contributed by atoms with van der Waals surface area (Å²) in [4.78, 5) is 14.7. The van der Waals surface area contributed by atoms with E-state index in [0.717, 1.165) is 18.8 Å². The number of hydrogen-bond acceptors (Lipinski definition) is 6. The average molecular weight is 368 g/mol.